The van der Waals surface area contributed by atoms with E-state index in [0.29, 0.717) is 18.7 Å². The van der Waals surface area contributed by atoms with Crippen LogP contribution in [0.2, 0.25) is 0 Å². The van der Waals surface area contributed by atoms with Crippen molar-refractivity contribution in [1.82, 2.24) is 9.62 Å². The molecule has 8 heteroatoms. The second-order valence-corrected chi connectivity index (χ2v) is 10.1. The molecule has 0 saturated carbocycles. The van der Waals surface area contributed by atoms with E-state index < -0.39 is 16.1 Å². The number of anilines is 1. The zero-order valence-corrected chi connectivity index (χ0v) is 18.9. The van der Waals surface area contributed by atoms with Gasteiger partial charge in [-0.05, 0) is 42.7 Å². The third-order valence-electron chi connectivity index (χ3n) is 5.77. The van der Waals surface area contributed by atoms with Crippen molar-refractivity contribution in [3.05, 3.63) is 59.7 Å². The van der Waals surface area contributed by atoms with E-state index in [0.717, 1.165) is 13.1 Å². The molecule has 2 heterocycles. The normalized spacial score (nSPS) is 19.9. The van der Waals surface area contributed by atoms with Crippen molar-refractivity contribution >= 4 is 27.5 Å². The van der Waals surface area contributed by atoms with Gasteiger partial charge in [0, 0.05) is 37.4 Å². The van der Waals surface area contributed by atoms with E-state index in [1.807, 2.05) is 24.8 Å². The number of rotatable bonds is 4. The fourth-order valence-electron chi connectivity index (χ4n) is 4.06. The molecule has 0 aromatic heterocycles. The largest absolute Gasteiger partial charge is 0.368 e. The molecule has 1 atom stereocenters. The zero-order valence-electron chi connectivity index (χ0n) is 18.1. The summed E-state index contributed by atoms with van der Waals surface area (Å²) in [7, 11) is -3.63. The van der Waals surface area contributed by atoms with Gasteiger partial charge in [0.2, 0.25) is 5.91 Å². The van der Waals surface area contributed by atoms with Crippen molar-refractivity contribution in [2.24, 2.45) is 10.9 Å². The minimum atomic E-state index is -3.63. The Balaban J connectivity index is 1.51. The monoisotopic (exact) mass is 440 g/mol. The van der Waals surface area contributed by atoms with Crippen LogP contribution in [-0.2, 0) is 14.8 Å². The van der Waals surface area contributed by atoms with Crippen molar-refractivity contribution in [3.8, 4) is 0 Å². The third-order valence-corrected chi connectivity index (χ3v) is 7.17. The summed E-state index contributed by atoms with van der Waals surface area (Å²) in [5.41, 5.74) is 2.90. The summed E-state index contributed by atoms with van der Waals surface area (Å²) in [5, 5.41) is 0. The fraction of sp³-hybridized carbons (Fsp3) is 0.391. The van der Waals surface area contributed by atoms with E-state index >= 15 is 0 Å². The van der Waals surface area contributed by atoms with E-state index in [2.05, 4.69) is 39.7 Å². The van der Waals surface area contributed by atoms with Gasteiger partial charge in [0.05, 0.1) is 4.90 Å². The van der Waals surface area contributed by atoms with Gasteiger partial charge in [-0.2, -0.15) is 0 Å². The zero-order chi connectivity index (χ0) is 22.2. The maximum Gasteiger partial charge on any atom is 0.263 e. The van der Waals surface area contributed by atoms with E-state index in [-0.39, 0.29) is 22.6 Å². The number of nitrogens with one attached hydrogen (secondary N) is 1. The summed E-state index contributed by atoms with van der Waals surface area (Å²) in [4.78, 5) is 22.3. The summed E-state index contributed by atoms with van der Waals surface area (Å²) < 4.78 is 27.3. The highest BCUT2D eigenvalue weighted by Gasteiger charge is 2.34. The molecule has 4 rings (SSSR count). The molecular weight excluding hydrogens is 412 g/mol. The van der Waals surface area contributed by atoms with Gasteiger partial charge in [-0.1, -0.05) is 38.1 Å². The van der Waals surface area contributed by atoms with Crippen molar-refractivity contribution in [2.75, 3.05) is 31.1 Å². The number of benzene rings is 2. The van der Waals surface area contributed by atoms with E-state index in [4.69, 9.17) is 0 Å². The third kappa shape index (κ3) is 4.30. The second-order valence-electron chi connectivity index (χ2n) is 8.42. The highest BCUT2D eigenvalue weighted by molar-refractivity contribution is 7.90. The van der Waals surface area contributed by atoms with Crippen molar-refractivity contribution < 1.29 is 13.2 Å². The molecule has 1 fully saturated rings. The highest BCUT2D eigenvalue weighted by atomic mass is 32.2. The SMILES string of the molecule is Cc1cccc(N2CCN(C(=O)[C@@H](N=C3NS(=O)(=O)c4ccccc43)C(C)C)CC2)c1. The summed E-state index contributed by atoms with van der Waals surface area (Å²) in [6.45, 7) is 8.69. The van der Waals surface area contributed by atoms with Gasteiger partial charge in [0.25, 0.3) is 10.0 Å². The van der Waals surface area contributed by atoms with Crippen molar-refractivity contribution in [1.29, 1.82) is 0 Å². The van der Waals surface area contributed by atoms with Crippen LogP contribution in [0.3, 0.4) is 0 Å². The van der Waals surface area contributed by atoms with Gasteiger partial charge in [-0.3, -0.25) is 14.5 Å². The molecule has 7 nitrogen and oxygen atoms in total. The molecule has 2 aliphatic heterocycles. The molecule has 0 spiro atoms. The Labute approximate surface area is 183 Å². The Morgan fingerprint density at radius 3 is 2.42 bits per heavy atom. The summed E-state index contributed by atoms with van der Waals surface area (Å²) in [6.07, 6.45) is 0. The van der Waals surface area contributed by atoms with Crippen LogP contribution in [0.25, 0.3) is 0 Å². The number of amides is 1. The topological polar surface area (TPSA) is 82.1 Å². The maximum absolute atomic E-state index is 13.3. The van der Waals surface area contributed by atoms with Gasteiger partial charge in [-0.15, -0.1) is 0 Å². The number of hydrogen-bond acceptors (Lipinski definition) is 5. The quantitative estimate of drug-likeness (QED) is 0.792. The Bertz CT molecular complexity index is 1120. The molecule has 0 bridgehead atoms. The highest BCUT2D eigenvalue weighted by Crippen LogP contribution is 2.24. The lowest BCUT2D eigenvalue weighted by molar-refractivity contribution is -0.133. The molecule has 1 amide bonds. The molecule has 0 unspecified atom stereocenters. The van der Waals surface area contributed by atoms with E-state index in [1.165, 1.54) is 11.3 Å². The number of hydrogen-bond donors (Lipinski definition) is 1. The Morgan fingerprint density at radius 2 is 1.74 bits per heavy atom. The number of nitrogens with zero attached hydrogens (tertiary/aromatic N) is 3. The van der Waals surface area contributed by atoms with E-state index in [1.54, 1.807) is 24.3 Å². The van der Waals surface area contributed by atoms with Crippen LogP contribution < -0.4 is 9.62 Å². The molecule has 0 radical (unpaired) electrons. The Hall–Kier alpha value is -2.87. The average Bonchev–Trinajstić information content (AvgIpc) is 3.02. The lowest BCUT2D eigenvalue weighted by Gasteiger charge is -2.37. The molecule has 1 N–H and O–H groups in total. The Kier molecular flexibility index (Phi) is 5.75. The lowest BCUT2D eigenvalue weighted by Crippen LogP contribution is -2.52. The first-order valence-electron chi connectivity index (χ1n) is 10.6. The predicted octanol–water partition coefficient (Wildman–Crippen LogP) is 2.41. The number of carbonyl (C=O) groups is 1. The average molecular weight is 441 g/mol. The number of aryl methyl sites for hydroxylation is 1. The van der Waals surface area contributed by atoms with Crippen LogP contribution >= 0.6 is 0 Å². The molecular formula is C23H28N4O3S. The first-order valence-corrected chi connectivity index (χ1v) is 12.0. The first-order chi connectivity index (χ1) is 14.8. The van der Waals surface area contributed by atoms with E-state index in [9.17, 15) is 13.2 Å². The maximum atomic E-state index is 13.3. The molecule has 0 aliphatic carbocycles. The van der Waals surface area contributed by atoms with Crippen molar-refractivity contribution in [2.45, 2.75) is 31.7 Å². The molecule has 1 saturated heterocycles. The molecule has 2 aliphatic rings. The fourth-order valence-corrected chi connectivity index (χ4v) is 5.29. The smallest absolute Gasteiger partial charge is 0.263 e. The lowest BCUT2D eigenvalue weighted by atomic mass is 10.0. The van der Waals surface area contributed by atoms with Crippen LogP contribution in [0.1, 0.15) is 25.0 Å². The van der Waals surface area contributed by atoms with Crippen LogP contribution in [0.5, 0.6) is 0 Å². The molecule has 31 heavy (non-hydrogen) atoms. The molecule has 2 aromatic carbocycles. The first kappa shape index (κ1) is 21.4. The van der Waals surface area contributed by atoms with Gasteiger partial charge in [0.1, 0.15) is 11.9 Å². The Morgan fingerprint density at radius 1 is 1.03 bits per heavy atom. The van der Waals surface area contributed by atoms with Gasteiger partial charge in [-0.25, -0.2) is 8.42 Å². The minimum Gasteiger partial charge on any atom is -0.368 e. The summed E-state index contributed by atoms with van der Waals surface area (Å²) in [6, 6.07) is 14.5. The van der Waals surface area contributed by atoms with Crippen LogP contribution in [-0.4, -0.2) is 57.3 Å². The number of carbonyl (C=O) groups excluding carboxylic acids is 1. The number of fused-ring (bicyclic) bond motifs is 1. The molecule has 164 valence electrons. The molecule has 2 aromatic rings. The van der Waals surface area contributed by atoms with Gasteiger partial charge in [0.15, 0.2) is 0 Å². The van der Waals surface area contributed by atoms with Crippen LogP contribution in [0.4, 0.5) is 5.69 Å². The number of aliphatic imine (C=N–C) groups is 1. The number of sulfonamides is 1. The minimum absolute atomic E-state index is 0.0602. The van der Waals surface area contributed by atoms with Gasteiger partial charge >= 0.3 is 0 Å². The number of amidine groups is 1. The van der Waals surface area contributed by atoms with Crippen LogP contribution in [0, 0.1) is 12.8 Å². The van der Waals surface area contributed by atoms with Crippen LogP contribution in [0.15, 0.2) is 58.4 Å². The van der Waals surface area contributed by atoms with Gasteiger partial charge < -0.3 is 9.80 Å². The standard InChI is InChI=1S/C23H28N4O3S/c1-16(2)21(24-22-19-9-4-5-10-20(19)31(29,30)25-22)23(28)27-13-11-26(12-14-27)18-8-6-7-17(3)15-18/h4-10,15-16,21H,11-14H2,1-3H3,(H,24,25)/t21-/m0/s1. The number of piperazine rings is 1. The summed E-state index contributed by atoms with van der Waals surface area (Å²) in [5.74, 6) is 0.128. The second kappa shape index (κ2) is 8.34. The predicted molar refractivity (Wildman–Crippen MR) is 122 cm³/mol. The van der Waals surface area contributed by atoms with Crippen molar-refractivity contribution in [3.63, 3.8) is 0 Å². The summed E-state index contributed by atoms with van der Waals surface area (Å²) >= 11 is 0.